The molecule has 1 aromatic carbocycles. The molecule has 0 saturated carbocycles. The lowest BCUT2D eigenvalue weighted by Gasteiger charge is -2.33. The molecule has 0 aliphatic carbocycles. The zero-order valence-corrected chi connectivity index (χ0v) is 21.2. The molecule has 13 heteroatoms. The predicted molar refractivity (Wildman–Crippen MR) is 130 cm³/mol. The summed E-state index contributed by atoms with van der Waals surface area (Å²) in [5, 5.41) is 0.301. The van der Waals surface area contributed by atoms with Crippen LogP contribution in [0.5, 0.6) is 5.75 Å². The molecule has 2 N–H and O–H groups in total. The highest BCUT2D eigenvalue weighted by molar-refractivity contribution is 5.98. The number of carbonyl (C=O) groups excluding carboxylic acids is 2. The van der Waals surface area contributed by atoms with Crippen LogP contribution in [0, 0.1) is 5.92 Å². The molecule has 1 saturated heterocycles. The van der Waals surface area contributed by atoms with E-state index in [9.17, 15) is 22.8 Å². The van der Waals surface area contributed by atoms with Gasteiger partial charge in [0.25, 0.3) is 5.91 Å². The number of nitrogens with zero attached hydrogens (tertiary/aromatic N) is 4. The van der Waals surface area contributed by atoms with Crippen molar-refractivity contribution < 1.29 is 36.7 Å². The zero-order chi connectivity index (χ0) is 27.6. The van der Waals surface area contributed by atoms with Crippen molar-refractivity contribution in [2.75, 3.05) is 39.9 Å². The summed E-state index contributed by atoms with van der Waals surface area (Å²) in [4.78, 5) is 36.7. The van der Waals surface area contributed by atoms with Gasteiger partial charge in [0.2, 0.25) is 5.89 Å². The Kier molecular flexibility index (Phi) is 7.76. The molecule has 0 unspecified atom stereocenters. The lowest BCUT2D eigenvalue weighted by Crippen LogP contribution is -2.51. The van der Waals surface area contributed by atoms with Crippen LogP contribution in [0.25, 0.3) is 22.4 Å². The average molecular weight is 536 g/mol. The number of alkyl halides is 3. The van der Waals surface area contributed by atoms with Gasteiger partial charge in [-0.15, -0.1) is 0 Å². The molecular weight excluding hydrogens is 507 g/mol. The number of amides is 2. The summed E-state index contributed by atoms with van der Waals surface area (Å²) in [7, 11) is 1.33. The topological polar surface area (TPSA) is 124 Å². The van der Waals surface area contributed by atoms with Gasteiger partial charge in [0.15, 0.2) is 11.5 Å². The maximum Gasteiger partial charge on any atom is 0.433 e. The summed E-state index contributed by atoms with van der Waals surface area (Å²) >= 11 is 0. The number of aromatic nitrogens is 2. The third kappa shape index (κ3) is 5.52. The highest BCUT2D eigenvalue weighted by Crippen LogP contribution is 2.37. The molecule has 1 fully saturated rings. The van der Waals surface area contributed by atoms with Crippen LogP contribution in [0.4, 0.5) is 18.0 Å². The monoisotopic (exact) mass is 535 g/mol. The van der Waals surface area contributed by atoms with Crippen LogP contribution in [0.3, 0.4) is 0 Å². The Labute approximate surface area is 216 Å². The Balaban J connectivity index is 1.59. The van der Waals surface area contributed by atoms with E-state index in [-0.39, 0.29) is 54.2 Å². The standard InChI is InChI=1S/C25H28F3N5O5/c1-14(2)13-37-24(35)33-10-8-32(9-11-33)23(34)21-18(12-29)38-22(31-21)16-4-6-17(36-3)20-15(16)5-7-19(30-20)25(26,27)28/h4-7,14H,8-13,29H2,1-3H3. The predicted octanol–water partition coefficient (Wildman–Crippen LogP) is 3.93. The van der Waals surface area contributed by atoms with Gasteiger partial charge in [0.1, 0.15) is 17.0 Å². The van der Waals surface area contributed by atoms with Crippen LogP contribution in [0.2, 0.25) is 0 Å². The summed E-state index contributed by atoms with van der Waals surface area (Å²) < 4.78 is 56.0. The number of hydrogen-bond acceptors (Lipinski definition) is 8. The van der Waals surface area contributed by atoms with Crippen molar-refractivity contribution in [2.24, 2.45) is 11.7 Å². The van der Waals surface area contributed by atoms with Crippen LogP contribution in [0.15, 0.2) is 28.7 Å². The fourth-order valence-electron chi connectivity index (χ4n) is 4.04. The number of halogens is 3. The number of rotatable bonds is 6. The van der Waals surface area contributed by atoms with Crippen molar-refractivity contribution in [3.05, 3.63) is 41.4 Å². The number of carbonyl (C=O) groups is 2. The second kappa shape index (κ2) is 10.9. The van der Waals surface area contributed by atoms with Crippen molar-refractivity contribution in [1.82, 2.24) is 19.8 Å². The van der Waals surface area contributed by atoms with Gasteiger partial charge in [-0.1, -0.05) is 13.8 Å². The number of ether oxygens (including phenoxy) is 2. The highest BCUT2D eigenvalue weighted by Gasteiger charge is 2.34. The van der Waals surface area contributed by atoms with Gasteiger partial charge in [-0.25, -0.2) is 14.8 Å². The summed E-state index contributed by atoms with van der Waals surface area (Å²) in [5.41, 5.74) is 5.06. The van der Waals surface area contributed by atoms with Gasteiger partial charge in [-0.2, -0.15) is 13.2 Å². The first-order valence-corrected chi connectivity index (χ1v) is 12.0. The van der Waals surface area contributed by atoms with Crippen molar-refractivity contribution in [1.29, 1.82) is 0 Å². The number of fused-ring (bicyclic) bond motifs is 1. The van der Waals surface area contributed by atoms with Gasteiger partial charge in [0, 0.05) is 37.1 Å². The van der Waals surface area contributed by atoms with E-state index in [0.717, 1.165) is 6.07 Å². The average Bonchev–Trinajstić information content (AvgIpc) is 3.34. The van der Waals surface area contributed by atoms with E-state index in [1.54, 1.807) is 6.07 Å². The van der Waals surface area contributed by atoms with E-state index in [1.807, 2.05) is 13.8 Å². The van der Waals surface area contributed by atoms with Gasteiger partial charge in [-0.3, -0.25) is 4.79 Å². The van der Waals surface area contributed by atoms with E-state index in [4.69, 9.17) is 19.6 Å². The summed E-state index contributed by atoms with van der Waals surface area (Å²) in [6.45, 7) is 5.18. The van der Waals surface area contributed by atoms with Gasteiger partial charge < -0.3 is 29.4 Å². The lowest BCUT2D eigenvalue weighted by molar-refractivity contribution is -0.140. The molecular formula is C25H28F3N5O5. The molecule has 3 aromatic rings. The van der Waals surface area contributed by atoms with Crippen LogP contribution in [0.1, 0.15) is 35.8 Å². The van der Waals surface area contributed by atoms with E-state index >= 15 is 0 Å². The molecule has 2 aromatic heterocycles. The Bertz CT molecular complexity index is 1330. The van der Waals surface area contributed by atoms with Crippen molar-refractivity contribution in [2.45, 2.75) is 26.6 Å². The smallest absolute Gasteiger partial charge is 0.433 e. The number of hydrogen-bond donors (Lipinski definition) is 1. The molecule has 204 valence electrons. The van der Waals surface area contributed by atoms with E-state index in [1.165, 1.54) is 29.0 Å². The quantitative estimate of drug-likeness (QED) is 0.504. The lowest BCUT2D eigenvalue weighted by atomic mass is 10.1. The number of nitrogens with two attached hydrogens (primary N) is 1. The third-order valence-corrected chi connectivity index (χ3v) is 6.01. The SMILES string of the molecule is COc1ccc(-c2nc(C(=O)N3CCN(C(=O)OCC(C)C)CC3)c(CN)o2)c2ccc(C(F)(F)F)nc12. The van der Waals surface area contributed by atoms with Crippen molar-refractivity contribution in [3.8, 4) is 17.2 Å². The molecule has 0 bridgehead atoms. The van der Waals surface area contributed by atoms with Crippen LogP contribution in [-0.2, 0) is 17.5 Å². The maximum absolute atomic E-state index is 13.3. The Hall–Kier alpha value is -3.87. The van der Waals surface area contributed by atoms with E-state index in [2.05, 4.69) is 9.97 Å². The minimum absolute atomic E-state index is 0.00201. The number of methoxy groups -OCH3 is 1. The largest absolute Gasteiger partial charge is 0.494 e. The Morgan fingerprint density at radius 3 is 2.37 bits per heavy atom. The fourth-order valence-corrected chi connectivity index (χ4v) is 4.04. The first-order chi connectivity index (χ1) is 18.0. The summed E-state index contributed by atoms with van der Waals surface area (Å²) in [6, 6.07) is 5.14. The molecule has 3 heterocycles. The van der Waals surface area contributed by atoms with Gasteiger partial charge in [0.05, 0.1) is 20.3 Å². The van der Waals surface area contributed by atoms with E-state index in [0.29, 0.717) is 30.6 Å². The molecule has 38 heavy (non-hydrogen) atoms. The molecule has 2 amide bonds. The number of benzene rings is 1. The zero-order valence-electron chi connectivity index (χ0n) is 21.2. The van der Waals surface area contributed by atoms with Crippen molar-refractivity contribution >= 4 is 22.9 Å². The van der Waals surface area contributed by atoms with E-state index < -0.39 is 23.9 Å². The minimum atomic E-state index is -4.64. The van der Waals surface area contributed by atoms with Crippen molar-refractivity contribution in [3.63, 3.8) is 0 Å². The van der Waals surface area contributed by atoms with Crippen LogP contribution >= 0.6 is 0 Å². The number of oxazole rings is 1. The molecule has 0 spiro atoms. The fraction of sp³-hybridized carbons (Fsp3) is 0.440. The first-order valence-electron chi connectivity index (χ1n) is 12.0. The Morgan fingerprint density at radius 1 is 1.08 bits per heavy atom. The van der Waals surface area contributed by atoms with Gasteiger partial charge in [-0.05, 0) is 30.2 Å². The minimum Gasteiger partial charge on any atom is -0.494 e. The number of pyridine rings is 1. The van der Waals surface area contributed by atoms with Crippen LogP contribution < -0.4 is 10.5 Å². The molecule has 4 rings (SSSR count). The summed E-state index contributed by atoms with van der Waals surface area (Å²) in [6.07, 6.45) is -5.06. The molecule has 0 radical (unpaired) electrons. The molecule has 0 atom stereocenters. The summed E-state index contributed by atoms with van der Waals surface area (Å²) in [5.74, 6) is 0.0715. The van der Waals surface area contributed by atoms with Gasteiger partial charge >= 0.3 is 12.3 Å². The second-order valence-corrected chi connectivity index (χ2v) is 9.15. The molecule has 1 aliphatic rings. The first kappa shape index (κ1) is 27.2. The Morgan fingerprint density at radius 2 is 1.76 bits per heavy atom. The third-order valence-electron chi connectivity index (χ3n) is 6.01. The maximum atomic E-state index is 13.3. The normalized spacial score (nSPS) is 14.3. The second-order valence-electron chi connectivity index (χ2n) is 9.15. The van der Waals surface area contributed by atoms with Crippen LogP contribution in [-0.4, -0.2) is 71.7 Å². The number of piperazine rings is 1. The highest BCUT2D eigenvalue weighted by atomic mass is 19.4. The molecule has 1 aliphatic heterocycles. The molecule has 10 nitrogen and oxygen atoms in total.